The molecule has 0 bridgehead atoms. The van der Waals surface area contributed by atoms with E-state index in [1.54, 1.807) is 38.2 Å². The monoisotopic (exact) mass is 357 g/mol. The molecule has 1 unspecified atom stereocenters. The fourth-order valence-corrected chi connectivity index (χ4v) is 2.48. The van der Waals surface area contributed by atoms with Crippen molar-refractivity contribution in [1.29, 1.82) is 0 Å². The molecule has 2 aromatic rings. The summed E-state index contributed by atoms with van der Waals surface area (Å²) in [4.78, 5) is 25.7. The molecule has 0 aliphatic carbocycles. The Kier molecular flexibility index (Phi) is 6.78. The molecule has 0 heterocycles. The number of carbonyl (C=O) groups excluding carboxylic acids is 2. The van der Waals surface area contributed by atoms with Gasteiger partial charge < -0.3 is 9.64 Å². The van der Waals surface area contributed by atoms with Gasteiger partial charge in [0.1, 0.15) is 0 Å². The summed E-state index contributed by atoms with van der Waals surface area (Å²) in [5.74, 6) is -0.850. The summed E-state index contributed by atoms with van der Waals surface area (Å²) in [5, 5.41) is 0.540. The van der Waals surface area contributed by atoms with Crippen molar-refractivity contribution < 1.29 is 14.3 Å². The van der Waals surface area contributed by atoms with Crippen molar-refractivity contribution in [3.05, 3.63) is 76.8 Å². The van der Waals surface area contributed by atoms with E-state index in [4.69, 9.17) is 16.3 Å². The summed E-state index contributed by atoms with van der Waals surface area (Å²) in [6.45, 7) is 2.02. The highest BCUT2D eigenvalue weighted by Gasteiger charge is 2.20. The average Bonchev–Trinajstić information content (AvgIpc) is 2.61. The molecule has 0 saturated carbocycles. The van der Waals surface area contributed by atoms with Gasteiger partial charge in [-0.15, -0.1) is 0 Å². The third-order valence-electron chi connectivity index (χ3n) is 3.58. The summed E-state index contributed by atoms with van der Waals surface area (Å²) in [7, 11) is 1.68. The maximum Gasteiger partial charge on any atom is 0.331 e. The van der Waals surface area contributed by atoms with E-state index in [9.17, 15) is 9.59 Å². The minimum absolute atomic E-state index is 0.261. The molecule has 2 aromatic carbocycles. The van der Waals surface area contributed by atoms with E-state index < -0.39 is 12.1 Å². The molecule has 1 atom stereocenters. The molecule has 130 valence electrons. The molecular formula is C20H20ClNO3. The fraction of sp³-hybridized carbons (Fsp3) is 0.200. The molecule has 0 aromatic heterocycles. The van der Waals surface area contributed by atoms with E-state index in [0.717, 1.165) is 5.56 Å². The molecule has 1 amide bonds. The molecule has 0 spiro atoms. The molecule has 0 N–H and O–H groups in total. The highest BCUT2D eigenvalue weighted by atomic mass is 35.5. The van der Waals surface area contributed by atoms with Gasteiger partial charge in [0, 0.05) is 24.7 Å². The smallest absolute Gasteiger partial charge is 0.331 e. The minimum Gasteiger partial charge on any atom is -0.449 e. The fourth-order valence-electron chi connectivity index (χ4n) is 2.28. The second kappa shape index (κ2) is 9.04. The first kappa shape index (κ1) is 18.7. The van der Waals surface area contributed by atoms with Crippen LogP contribution in [0.1, 0.15) is 18.1 Å². The molecule has 4 nitrogen and oxygen atoms in total. The van der Waals surface area contributed by atoms with Crippen LogP contribution in [0.3, 0.4) is 0 Å². The van der Waals surface area contributed by atoms with Crippen LogP contribution >= 0.6 is 11.6 Å². The molecule has 0 aliphatic rings. The number of halogens is 1. The predicted molar refractivity (Wildman–Crippen MR) is 99.0 cm³/mol. The average molecular weight is 358 g/mol. The zero-order valence-electron chi connectivity index (χ0n) is 14.2. The van der Waals surface area contributed by atoms with Crippen LogP contribution < -0.4 is 0 Å². The number of hydrogen-bond donors (Lipinski definition) is 0. The number of esters is 1. The second-order valence-corrected chi connectivity index (χ2v) is 6.02. The molecular weight excluding hydrogens is 338 g/mol. The standard InChI is InChI=1S/C20H20ClNO3/c1-15(20(24)22(2)14-16-8-4-3-5-9-16)25-19(23)13-12-17-10-6-7-11-18(17)21/h3-13,15H,14H2,1-2H3/b13-12+. The number of rotatable bonds is 6. The third kappa shape index (κ3) is 5.76. The number of amides is 1. The summed E-state index contributed by atoms with van der Waals surface area (Å²) in [5.41, 5.74) is 1.72. The zero-order valence-corrected chi connectivity index (χ0v) is 14.9. The molecule has 25 heavy (non-hydrogen) atoms. The summed E-state index contributed by atoms with van der Waals surface area (Å²) in [6, 6.07) is 16.8. The first-order valence-electron chi connectivity index (χ1n) is 7.89. The van der Waals surface area contributed by atoms with E-state index >= 15 is 0 Å². The van der Waals surface area contributed by atoms with Crippen LogP contribution in [-0.2, 0) is 20.9 Å². The van der Waals surface area contributed by atoms with Gasteiger partial charge in [-0.2, -0.15) is 0 Å². The number of benzene rings is 2. The lowest BCUT2D eigenvalue weighted by Gasteiger charge is -2.21. The van der Waals surface area contributed by atoms with Gasteiger partial charge in [-0.3, -0.25) is 4.79 Å². The zero-order chi connectivity index (χ0) is 18.2. The summed E-state index contributed by atoms with van der Waals surface area (Å²) >= 11 is 6.02. The summed E-state index contributed by atoms with van der Waals surface area (Å²) < 4.78 is 5.17. The number of hydrogen-bond acceptors (Lipinski definition) is 3. The Morgan fingerprint density at radius 2 is 1.76 bits per heavy atom. The first-order chi connectivity index (χ1) is 12.0. The highest BCUT2D eigenvalue weighted by molar-refractivity contribution is 6.32. The SMILES string of the molecule is CC(OC(=O)/C=C/c1ccccc1Cl)C(=O)N(C)Cc1ccccc1. The van der Waals surface area contributed by atoms with Gasteiger partial charge in [0.25, 0.3) is 5.91 Å². The summed E-state index contributed by atoms with van der Waals surface area (Å²) in [6.07, 6.45) is 1.97. The van der Waals surface area contributed by atoms with Gasteiger partial charge in [0.05, 0.1) is 0 Å². The van der Waals surface area contributed by atoms with Gasteiger partial charge >= 0.3 is 5.97 Å². The van der Waals surface area contributed by atoms with E-state index in [-0.39, 0.29) is 5.91 Å². The Bertz CT molecular complexity index is 759. The Hall–Kier alpha value is -2.59. The van der Waals surface area contributed by atoms with Crippen molar-refractivity contribution in [2.24, 2.45) is 0 Å². The van der Waals surface area contributed by atoms with Crippen LogP contribution in [0.25, 0.3) is 6.08 Å². The van der Waals surface area contributed by atoms with Crippen LogP contribution in [0.15, 0.2) is 60.7 Å². The van der Waals surface area contributed by atoms with Crippen molar-refractivity contribution >= 4 is 29.6 Å². The van der Waals surface area contributed by atoms with Crippen LogP contribution in [0, 0.1) is 0 Å². The third-order valence-corrected chi connectivity index (χ3v) is 3.93. The van der Waals surface area contributed by atoms with E-state index in [2.05, 4.69) is 0 Å². The Balaban J connectivity index is 1.89. The van der Waals surface area contributed by atoms with Crippen LogP contribution in [0.5, 0.6) is 0 Å². The lowest BCUT2D eigenvalue weighted by Crippen LogP contribution is -2.36. The normalized spacial score (nSPS) is 12.0. The Morgan fingerprint density at radius 3 is 2.44 bits per heavy atom. The molecule has 0 radical (unpaired) electrons. The van der Waals surface area contributed by atoms with Crippen molar-refractivity contribution in [3.63, 3.8) is 0 Å². The van der Waals surface area contributed by atoms with E-state index in [1.165, 1.54) is 11.0 Å². The van der Waals surface area contributed by atoms with Crippen LogP contribution in [0.4, 0.5) is 0 Å². The maximum absolute atomic E-state index is 12.3. The van der Waals surface area contributed by atoms with Crippen molar-refractivity contribution in [1.82, 2.24) is 4.90 Å². The number of nitrogens with zero attached hydrogens (tertiary/aromatic N) is 1. The Morgan fingerprint density at radius 1 is 1.12 bits per heavy atom. The van der Waals surface area contributed by atoms with Crippen molar-refractivity contribution in [2.75, 3.05) is 7.05 Å². The number of ether oxygens (including phenoxy) is 1. The van der Waals surface area contributed by atoms with Crippen molar-refractivity contribution in [2.45, 2.75) is 19.6 Å². The number of carbonyl (C=O) groups is 2. The van der Waals surface area contributed by atoms with Gasteiger partial charge in [-0.25, -0.2) is 4.79 Å². The first-order valence-corrected chi connectivity index (χ1v) is 8.27. The van der Waals surface area contributed by atoms with Crippen molar-refractivity contribution in [3.8, 4) is 0 Å². The number of likely N-dealkylation sites (N-methyl/N-ethyl adjacent to an activating group) is 1. The highest BCUT2D eigenvalue weighted by Crippen LogP contribution is 2.16. The molecule has 0 saturated heterocycles. The van der Waals surface area contributed by atoms with E-state index in [1.807, 2.05) is 36.4 Å². The van der Waals surface area contributed by atoms with Gasteiger partial charge in [0.2, 0.25) is 0 Å². The van der Waals surface area contributed by atoms with E-state index in [0.29, 0.717) is 17.1 Å². The second-order valence-electron chi connectivity index (χ2n) is 5.61. The van der Waals surface area contributed by atoms with Crippen LogP contribution in [-0.4, -0.2) is 29.9 Å². The molecule has 2 rings (SSSR count). The lowest BCUT2D eigenvalue weighted by atomic mass is 10.2. The topological polar surface area (TPSA) is 46.6 Å². The predicted octanol–water partition coefficient (Wildman–Crippen LogP) is 3.94. The lowest BCUT2D eigenvalue weighted by molar-refractivity contribution is -0.154. The molecule has 5 heteroatoms. The molecule has 0 fully saturated rings. The Labute approximate surface area is 152 Å². The van der Waals surface area contributed by atoms with Crippen LogP contribution in [0.2, 0.25) is 5.02 Å². The quantitative estimate of drug-likeness (QED) is 0.581. The minimum atomic E-state index is -0.864. The van der Waals surface area contributed by atoms with Gasteiger partial charge in [-0.05, 0) is 30.2 Å². The molecule has 0 aliphatic heterocycles. The van der Waals surface area contributed by atoms with Gasteiger partial charge in [-0.1, -0.05) is 60.1 Å². The van der Waals surface area contributed by atoms with Gasteiger partial charge in [0.15, 0.2) is 6.10 Å². The maximum atomic E-state index is 12.3. The largest absolute Gasteiger partial charge is 0.449 e.